The molecule has 2 aromatic heterocycles. The van der Waals surface area contributed by atoms with Crippen molar-refractivity contribution in [2.75, 3.05) is 0 Å². The minimum atomic E-state index is -0.131. The molecule has 0 amide bonds. The average Bonchev–Trinajstić information content (AvgIpc) is 3.61. The van der Waals surface area contributed by atoms with E-state index in [4.69, 9.17) is 9.72 Å². The zero-order valence-electron chi connectivity index (χ0n) is 28.8. The number of hydrogen-bond donors (Lipinski definition) is 0. The Hall–Kier alpha value is -3.95. The third kappa shape index (κ3) is 4.84. The summed E-state index contributed by atoms with van der Waals surface area (Å²) in [5.74, 6) is 3.27. The van der Waals surface area contributed by atoms with Crippen LogP contribution < -0.4 is 4.74 Å². The van der Waals surface area contributed by atoms with Crippen LogP contribution in [0.25, 0.3) is 33.8 Å². The Morgan fingerprint density at radius 1 is 0.745 bits per heavy atom. The van der Waals surface area contributed by atoms with E-state index in [1.807, 2.05) is 12.3 Å². The van der Waals surface area contributed by atoms with E-state index < -0.39 is 0 Å². The molecule has 6 heteroatoms. The summed E-state index contributed by atoms with van der Waals surface area (Å²) in [7, 11) is 2.16. The van der Waals surface area contributed by atoms with Gasteiger partial charge in [-0.2, -0.15) is 0 Å². The first kappa shape index (κ1) is 31.6. The van der Waals surface area contributed by atoms with Gasteiger partial charge in [-0.1, -0.05) is 45.9 Å². The van der Waals surface area contributed by atoms with Gasteiger partial charge >= 0.3 is 222 Å². The van der Waals surface area contributed by atoms with Crippen LogP contribution in [0.2, 0.25) is 0 Å². The average molecular weight is 804 g/mol. The molecule has 3 heterocycles. The van der Waals surface area contributed by atoms with Crippen molar-refractivity contribution in [3.8, 4) is 34.3 Å². The van der Waals surface area contributed by atoms with E-state index in [1.54, 1.807) is 0 Å². The first-order valence-electron chi connectivity index (χ1n) is 16.6. The van der Waals surface area contributed by atoms with Gasteiger partial charge in [-0.3, -0.25) is 0 Å². The summed E-state index contributed by atoms with van der Waals surface area (Å²) in [6.07, 6.45) is 3.99. The number of benzene rings is 4. The van der Waals surface area contributed by atoms with E-state index in [0.29, 0.717) is 11.8 Å². The van der Waals surface area contributed by atoms with Gasteiger partial charge in [-0.15, -0.1) is 0 Å². The van der Waals surface area contributed by atoms with Crippen LogP contribution in [0.15, 0.2) is 91.3 Å². The molecule has 0 saturated carbocycles. The fraction of sp³-hybridized carbons (Fsp3) is 0.317. The first-order valence-corrected chi connectivity index (χ1v) is 17.7. The molecule has 0 saturated heterocycles. The number of ether oxygens (including phenoxy) is 1. The Bertz CT molecular complexity index is 2200. The molecular weight excluding hydrogens is 760 g/mol. The maximum absolute atomic E-state index is 6.68. The number of para-hydroxylation sites is 2. The van der Waals surface area contributed by atoms with Crippen LogP contribution in [0, 0.1) is 3.80 Å². The van der Waals surface area contributed by atoms with E-state index in [1.165, 1.54) is 44.7 Å². The van der Waals surface area contributed by atoms with Crippen LogP contribution in [-0.2, 0) is 37.2 Å². The standard InChI is InChI=1S/C41H44N4O.Pt/c1-26(2)31-15-11-16-32(27(3)4)37(31)44-22-21-42-39(44)28-13-10-14-29(23-28)46-30-19-20-33-36(24-30)45-25-43(9)35-18-12-17-34(38(35)45)41(7,8)40(33,5)6;/h10-24,26-27H,1-9H3;. The van der Waals surface area contributed by atoms with Crippen LogP contribution >= 0.6 is 0 Å². The molecule has 7 rings (SSSR count). The normalized spacial score (nSPS) is 14.9. The van der Waals surface area contributed by atoms with Crippen molar-refractivity contribution in [1.82, 2.24) is 18.7 Å². The van der Waals surface area contributed by atoms with Gasteiger partial charge in [0.1, 0.15) is 0 Å². The molecule has 6 aromatic rings. The molecule has 1 aliphatic heterocycles. The second-order valence-electron chi connectivity index (χ2n) is 14.6. The summed E-state index contributed by atoms with van der Waals surface area (Å²) in [5.41, 5.74) is 11.0. The van der Waals surface area contributed by atoms with E-state index in [2.05, 4.69) is 174 Å². The van der Waals surface area contributed by atoms with E-state index in [0.717, 1.165) is 26.7 Å². The molecule has 0 unspecified atom stereocenters. The summed E-state index contributed by atoms with van der Waals surface area (Å²) in [6, 6.07) is 28.3. The Kier molecular flexibility index (Phi) is 7.63. The monoisotopic (exact) mass is 803 g/mol. The van der Waals surface area contributed by atoms with Crippen molar-refractivity contribution in [1.29, 1.82) is 0 Å². The number of rotatable bonds is 6. The maximum atomic E-state index is 6.68. The minimum absolute atomic E-state index is 0.105. The second-order valence-corrected chi connectivity index (χ2v) is 15.6. The Labute approximate surface area is 289 Å². The number of aromatic nitrogens is 4. The fourth-order valence-corrected chi connectivity index (χ4v) is 8.17. The van der Waals surface area contributed by atoms with Gasteiger partial charge in [0.2, 0.25) is 0 Å². The third-order valence-corrected chi connectivity index (χ3v) is 12.0. The van der Waals surface area contributed by atoms with Gasteiger partial charge in [-0.05, 0) is 23.0 Å². The van der Waals surface area contributed by atoms with Gasteiger partial charge < -0.3 is 0 Å². The van der Waals surface area contributed by atoms with Crippen LogP contribution in [-0.4, -0.2) is 18.7 Å². The van der Waals surface area contributed by atoms with Crippen LogP contribution in [0.3, 0.4) is 0 Å². The number of nitrogens with zero attached hydrogens (tertiary/aromatic N) is 4. The van der Waals surface area contributed by atoms with Crippen molar-refractivity contribution in [2.45, 2.75) is 78.1 Å². The topological polar surface area (TPSA) is 36.9 Å². The molecule has 0 aliphatic carbocycles. The molecule has 244 valence electrons. The van der Waals surface area contributed by atoms with Gasteiger partial charge in [0.25, 0.3) is 0 Å². The quantitative estimate of drug-likeness (QED) is 0.168. The third-order valence-electron chi connectivity index (χ3n) is 10.7. The SMILES string of the molecule is CC(C)c1cccc(C(C)C)c1-n1ccnc1-c1cccc(Oc2ccc3c(c2)-n2[c](=[Pt])n(C)c4cccc(c42)C(C)(C)C3(C)C)c1. The van der Waals surface area contributed by atoms with Crippen LogP contribution in [0.1, 0.15) is 89.5 Å². The summed E-state index contributed by atoms with van der Waals surface area (Å²) in [6.45, 7) is 18.5. The van der Waals surface area contributed by atoms with Crippen molar-refractivity contribution in [2.24, 2.45) is 7.05 Å². The van der Waals surface area contributed by atoms with Gasteiger partial charge in [-0.25, -0.2) is 0 Å². The number of fused-ring (bicyclic) bond motifs is 2. The Morgan fingerprint density at radius 2 is 1.38 bits per heavy atom. The molecule has 0 atom stereocenters. The predicted molar refractivity (Wildman–Crippen MR) is 189 cm³/mol. The molecule has 4 aromatic carbocycles. The fourth-order valence-electron chi connectivity index (χ4n) is 7.36. The summed E-state index contributed by atoms with van der Waals surface area (Å²) in [4.78, 5) is 4.87. The van der Waals surface area contributed by atoms with E-state index in [-0.39, 0.29) is 10.8 Å². The first-order chi connectivity index (χ1) is 22.3. The predicted octanol–water partition coefficient (Wildman–Crippen LogP) is 10.5. The van der Waals surface area contributed by atoms with Gasteiger partial charge in [0.15, 0.2) is 0 Å². The summed E-state index contributed by atoms with van der Waals surface area (Å²) in [5, 5.41) is 0. The Morgan fingerprint density at radius 3 is 2.09 bits per heavy atom. The van der Waals surface area contributed by atoms with Crippen LogP contribution in [0.5, 0.6) is 11.5 Å². The van der Waals surface area contributed by atoms with E-state index >= 15 is 0 Å². The second kappa shape index (κ2) is 11.3. The zero-order valence-corrected chi connectivity index (χ0v) is 31.1. The van der Waals surface area contributed by atoms with Crippen LogP contribution in [0.4, 0.5) is 0 Å². The zero-order chi connectivity index (χ0) is 33.4. The Balaban J connectivity index is 1.33. The van der Waals surface area contributed by atoms with Crippen molar-refractivity contribution < 1.29 is 24.1 Å². The molecule has 5 nitrogen and oxygen atoms in total. The molecule has 47 heavy (non-hydrogen) atoms. The van der Waals surface area contributed by atoms with Crippen molar-refractivity contribution >= 4 is 11.0 Å². The number of imidazole rings is 2. The summed E-state index contributed by atoms with van der Waals surface area (Å²) >= 11 is 2.47. The molecule has 0 radical (unpaired) electrons. The molecule has 0 N–H and O–H groups in total. The molecule has 0 spiro atoms. The van der Waals surface area contributed by atoms with Gasteiger partial charge in [0, 0.05) is 0 Å². The van der Waals surface area contributed by atoms with Crippen molar-refractivity contribution in [3.05, 3.63) is 117 Å². The van der Waals surface area contributed by atoms with Crippen molar-refractivity contribution in [3.63, 3.8) is 0 Å². The molecule has 1 aliphatic rings. The number of hydrogen-bond acceptors (Lipinski definition) is 2. The van der Waals surface area contributed by atoms with Gasteiger partial charge in [0.05, 0.1) is 0 Å². The molecular formula is C41H44N4OPt. The number of aryl methyl sites for hydroxylation is 1. The van der Waals surface area contributed by atoms with E-state index in [9.17, 15) is 0 Å². The molecule has 0 bridgehead atoms. The summed E-state index contributed by atoms with van der Waals surface area (Å²) < 4.78 is 14.8. The molecule has 0 fully saturated rings.